The highest BCUT2D eigenvalue weighted by atomic mass is 16.5. The van der Waals surface area contributed by atoms with Gasteiger partial charge in [-0.05, 0) is 26.3 Å². The Morgan fingerprint density at radius 2 is 2.00 bits per heavy atom. The summed E-state index contributed by atoms with van der Waals surface area (Å²) in [6.45, 7) is 6.94. The molecular formula is C15H20N4O. The molecule has 5 nitrogen and oxygen atoms in total. The Morgan fingerprint density at radius 3 is 2.70 bits per heavy atom. The number of pyridine rings is 1. The van der Waals surface area contributed by atoms with Crippen molar-refractivity contribution >= 4 is 5.82 Å². The maximum atomic E-state index is 5.22. The molecule has 0 saturated carbocycles. The molecular weight excluding hydrogens is 252 g/mol. The van der Waals surface area contributed by atoms with Crippen LogP contribution in [0.25, 0.3) is 11.3 Å². The van der Waals surface area contributed by atoms with Gasteiger partial charge in [0.1, 0.15) is 17.4 Å². The van der Waals surface area contributed by atoms with Crippen molar-refractivity contribution in [1.82, 2.24) is 15.0 Å². The molecule has 0 fully saturated rings. The summed E-state index contributed by atoms with van der Waals surface area (Å²) >= 11 is 0. The molecule has 20 heavy (non-hydrogen) atoms. The molecule has 0 saturated heterocycles. The topological polar surface area (TPSA) is 59.9 Å². The van der Waals surface area contributed by atoms with Gasteiger partial charge >= 0.3 is 0 Å². The quantitative estimate of drug-likeness (QED) is 0.906. The third-order valence-corrected chi connectivity index (χ3v) is 3.02. The van der Waals surface area contributed by atoms with Gasteiger partial charge in [0, 0.05) is 23.9 Å². The van der Waals surface area contributed by atoms with Crippen LogP contribution < -0.4 is 10.1 Å². The average Bonchev–Trinajstić information content (AvgIpc) is 2.47. The minimum Gasteiger partial charge on any atom is -0.495 e. The number of aromatic nitrogens is 3. The first-order valence-electron chi connectivity index (χ1n) is 6.74. The number of rotatable bonds is 5. The van der Waals surface area contributed by atoms with Crippen LogP contribution in [0.1, 0.15) is 24.7 Å². The Labute approximate surface area is 119 Å². The van der Waals surface area contributed by atoms with E-state index < -0.39 is 0 Å². The lowest BCUT2D eigenvalue weighted by molar-refractivity contribution is 0.413. The van der Waals surface area contributed by atoms with Crippen LogP contribution in [-0.2, 0) is 0 Å². The zero-order valence-electron chi connectivity index (χ0n) is 12.4. The number of anilines is 1. The van der Waals surface area contributed by atoms with E-state index >= 15 is 0 Å². The van der Waals surface area contributed by atoms with Gasteiger partial charge in [-0.25, -0.2) is 9.97 Å². The van der Waals surface area contributed by atoms with Crippen LogP contribution in [0.3, 0.4) is 0 Å². The molecule has 2 aromatic rings. The van der Waals surface area contributed by atoms with Crippen LogP contribution in [0.4, 0.5) is 5.82 Å². The van der Waals surface area contributed by atoms with E-state index in [1.165, 1.54) is 0 Å². The molecule has 2 heterocycles. The summed E-state index contributed by atoms with van der Waals surface area (Å²) in [6.07, 6.45) is 4.53. The Morgan fingerprint density at radius 1 is 1.20 bits per heavy atom. The SMILES string of the molecule is CCCNc1nc(C)nc(-c2cncc(OC)c2)c1C. The fraction of sp³-hybridized carbons (Fsp3) is 0.400. The lowest BCUT2D eigenvalue weighted by Gasteiger charge is -2.13. The highest BCUT2D eigenvalue weighted by Crippen LogP contribution is 2.27. The van der Waals surface area contributed by atoms with Crippen molar-refractivity contribution in [2.24, 2.45) is 0 Å². The van der Waals surface area contributed by atoms with Crippen LogP contribution >= 0.6 is 0 Å². The highest BCUT2D eigenvalue weighted by molar-refractivity contribution is 5.68. The number of ether oxygens (including phenoxy) is 1. The first kappa shape index (κ1) is 14.2. The summed E-state index contributed by atoms with van der Waals surface area (Å²) in [5.41, 5.74) is 2.86. The molecule has 0 spiro atoms. The van der Waals surface area contributed by atoms with Crippen molar-refractivity contribution in [2.75, 3.05) is 19.0 Å². The molecule has 0 aliphatic carbocycles. The third kappa shape index (κ3) is 3.04. The number of methoxy groups -OCH3 is 1. The van der Waals surface area contributed by atoms with E-state index in [1.54, 1.807) is 19.5 Å². The Kier molecular flexibility index (Phi) is 4.50. The molecule has 106 valence electrons. The van der Waals surface area contributed by atoms with Gasteiger partial charge in [-0.15, -0.1) is 0 Å². The maximum absolute atomic E-state index is 5.22. The van der Waals surface area contributed by atoms with Gasteiger partial charge in [-0.2, -0.15) is 0 Å². The van der Waals surface area contributed by atoms with Gasteiger partial charge in [0.15, 0.2) is 0 Å². The van der Waals surface area contributed by atoms with Crippen LogP contribution in [-0.4, -0.2) is 28.6 Å². The summed E-state index contributed by atoms with van der Waals surface area (Å²) in [7, 11) is 1.63. The van der Waals surface area contributed by atoms with Gasteiger partial charge in [0.05, 0.1) is 19.0 Å². The van der Waals surface area contributed by atoms with Crippen molar-refractivity contribution in [3.8, 4) is 17.0 Å². The van der Waals surface area contributed by atoms with Gasteiger partial charge in [0.25, 0.3) is 0 Å². The molecule has 0 radical (unpaired) electrons. The van der Waals surface area contributed by atoms with E-state index in [-0.39, 0.29) is 0 Å². The summed E-state index contributed by atoms with van der Waals surface area (Å²) in [6, 6.07) is 1.94. The van der Waals surface area contributed by atoms with Crippen molar-refractivity contribution in [3.05, 3.63) is 29.8 Å². The first-order chi connectivity index (χ1) is 9.65. The third-order valence-electron chi connectivity index (χ3n) is 3.02. The zero-order valence-corrected chi connectivity index (χ0v) is 12.4. The molecule has 0 aromatic carbocycles. The molecule has 0 aliphatic heterocycles. The summed E-state index contributed by atoms with van der Waals surface area (Å²) < 4.78 is 5.22. The normalized spacial score (nSPS) is 10.4. The molecule has 2 rings (SSSR count). The smallest absolute Gasteiger partial charge is 0.137 e. The van der Waals surface area contributed by atoms with Gasteiger partial charge in [-0.1, -0.05) is 6.92 Å². The largest absolute Gasteiger partial charge is 0.495 e. The number of nitrogens with one attached hydrogen (secondary N) is 1. The molecule has 5 heteroatoms. The van der Waals surface area contributed by atoms with Crippen LogP contribution in [0.5, 0.6) is 5.75 Å². The summed E-state index contributed by atoms with van der Waals surface area (Å²) in [4.78, 5) is 13.2. The van der Waals surface area contributed by atoms with Crippen LogP contribution in [0.15, 0.2) is 18.5 Å². The van der Waals surface area contributed by atoms with E-state index in [9.17, 15) is 0 Å². The minimum atomic E-state index is 0.723. The second-order valence-corrected chi connectivity index (χ2v) is 4.63. The van der Waals surface area contributed by atoms with E-state index in [0.717, 1.165) is 47.2 Å². The highest BCUT2D eigenvalue weighted by Gasteiger charge is 2.11. The lowest BCUT2D eigenvalue weighted by atomic mass is 10.1. The molecule has 1 N–H and O–H groups in total. The van der Waals surface area contributed by atoms with Crippen molar-refractivity contribution in [3.63, 3.8) is 0 Å². The van der Waals surface area contributed by atoms with Gasteiger partial charge < -0.3 is 10.1 Å². The fourth-order valence-electron chi connectivity index (χ4n) is 1.98. The van der Waals surface area contributed by atoms with E-state index in [0.29, 0.717) is 0 Å². The monoisotopic (exact) mass is 272 g/mol. The number of hydrogen-bond acceptors (Lipinski definition) is 5. The second kappa shape index (κ2) is 6.32. The average molecular weight is 272 g/mol. The van der Waals surface area contributed by atoms with Gasteiger partial charge in [0.2, 0.25) is 0 Å². The van der Waals surface area contributed by atoms with Crippen LogP contribution in [0.2, 0.25) is 0 Å². The minimum absolute atomic E-state index is 0.723. The molecule has 0 bridgehead atoms. The zero-order chi connectivity index (χ0) is 14.5. The summed E-state index contributed by atoms with van der Waals surface area (Å²) in [5.74, 6) is 2.35. The second-order valence-electron chi connectivity index (χ2n) is 4.63. The predicted octanol–water partition coefficient (Wildman–Crippen LogP) is 2.99. The predicted molar refractivity (Wildman–Crippen MR) is 80.1 cm³/mol. The lowest BCUT2D eigenvalue weighted by Crippen LogP contribution is -2.07. The van der Waals surface area contributed by atoms with Crippen molar-refractivity contribution in [1.29, 1.82) is 0 Å². The Balaban J connectivity index is 2.47. The molecule has 0 amide bonds. The summed E-state index contributed by atoms with van der Waals surface area (Å²) in [5, 5.41) is 3.34. The molecule has 0 atom stereocenters. The molecule has 0 unspecified atom stereocenters. The molecule has 0 aliphatic rings. The van der Waals surface area contributed by atoms with Crippen molar-refractivity contribution in [2.45, 2.75) is 27.2 Å². The Hall–Kier alpha value is -2.17. The van der Waals surface area contributed by atoms with Crippen molar-refractivity contribution < 1.29 is 4.74 Å². The van der Waals surface area contributed by atoms with Crippen LogP contribution in [0, 0.1) is 13.8 Å². The van der Waals surface area contributed by atoms with E-state index in [1.807, 2.05) is 19.9 Å². The number of aryl methyl sites for hydroxylation is 1. The number of nitrogens with zero attached hydrogens (tertiary/aromatic N) is 3. The first-order valence-corrected chi connectivity index (χ1v) is 6.74. The maximum Gasteiger partial charge on any atom is 0.137 e. The molecule has 2 aromatic heterocycles. The number of hydrogen-bond donors (Lipinski definition) is 1. The van der Waals surface area contributed by atoms with Gasteiger partial charge in [-0.3, -0.25) is 4.98 Å². The standard InChI is InChI=1S/C15H20N4O/c1-5-6-17-15-10(2)14(18-11(3)19-15)12-7-13(20-4)9-16-8-12/h7-9H,5-6H2,1-4H3,(H,17,18,19). The van der Waals surface area contributed by atoms with E-state index in [4.69, 9.17) is 4.74 Å². The van der Waals surface area contributed by atoms with E-state index in [2.05, 4.69) is 27.2 Å². The fourth-order valence-corrected chi connectivity index (χ4v) is 1.98. The Bertz CT molecular complexity index is 598.